The van der Waals surface area contributed by atoms with Gasteiger partial charge in [-0.05, 0) is 19.3 Å². The first-order valence-electron chi connectivity index (χ1n) is 6.05. The van der Waals surface area contributed by atoms with E-state index in [0.717, 1.165) is 25.5 Å². The van der Waals surface area contributed by atoms with Crippen molar-refractivity contribution in [2.75, 3.05) is 24.6 Å². The fourth-order valence-corrected chi connectivity index (χ4v) is 2.19. The molecule has 4 nitrogen and oxygen atoms in total. The second-order valence-corrected chi connectivity index (χ2v) is 4.92. The van der Waals surface area contributed by atoms with Gasteiger partial charge in [0, 0.05) is 30.7 Å². The van der Waals surface area contributed by atoms with Crippen LogP contribution >= 0.6 is 11.6 Å². The summed E-state index contributed by atoms with van der Waals surface area (Å²) in [5, 5.41) is 0.265. The number of aromatic nitrogens is 2. The van der Waals surface area contributed by atoms with Crippen molar-refractivity contribution in [2.45, 2.75) is 25.6 Å². The molecule has 2 atom stereocenters. The first kappa shape index (κ1) is 12.4. The largest absolute Gasteiger partial charge is 0.478 e. The molecule has 1 aromatic rings. The van der Waals surface area contributed by atoms with Crippen LogP contribution in [0.15, 0.2) is 12.3 Å². The molecule has 1 fully saturated rings. The lowest BCUT2D eigenvalue weighted by Crippen LogP contribution is -2.40. The van der Waals surface area contributed by atoms with Crippen LogP contribution in [0.1, 0.15) is 20.3 Å². The molecule has 1 aliphatic rings. The minimum Gasteiger partial charge on any atom is -0.478 e. The van der Waals surface area contributed by atoms with Gasteiger partial charge in [0.2, 0.25) is 11.8 Å². The maximum atomic E-state index is 6.21. The maximum Gasteiger partial charge on any atom is 0.228 e. The molecule has 1 saturated heterocycles. The van der Waals surface area contributed by atoms with Crippen molar-refractivity contribution in [3.63, 3.8) is 0 Å². The Labute approximate surface area is 107 Å². The average molecular weight is 256 g/mol. The number of ether oxygens (including phenoxy) is 1. The number of nitrogens with zero attached hydrogens (tertiary/aromatic N) is 3. The van der Waals surface area contributed by atoms with Gasteiger partial charge in [0.15, 0.2) is 0 Å². The van der Waals surface area contributed by atoms with E-state index in [4.69, 9.17) is 16.3 Å². The van der Waals surface area contributed by atoms with Crippen LogP contribution in [0.25, 0.3) is 0 Å². The van der Waals surface area contributed by atoms with E-state index in [1.54, 1.807) is 12.3 Å². The molecule has 17 heavy (non-hydrogen) atoms. The Morgan fingerprint density at radius 2 is 2.41 bits per heavy atom. The maximum absolute atomic E-state index is 6.21. The lowest BCUT2D eigenvalue weighted by atomic mass is 10.00. The van der Waals surface area contributed by atoms with Gasteiger partial charge in [-0.25, -0.2) is 4.98 Å². The molecule has 2 rings (SSSR count). The fraction of sp³-hybridized carbons (Fsp3) is 0.667. The second kappa shape index (κ2) is 5.54. The van der Waals surface area contributed by atoms with Crippen LogP contribution in [0.3, 0.4) is 0 Å². The van der Waals surface area contributed by atoms with Crippen molar-refractivity contribution < 1.29 is 4.74 Å². The number of alkyl halides is 1. The Balaban J connectivity index is 2.09. The lowest BCUT2D eigenvalue weighted by Gasteiger charge is -2.34. The van der Waals surface area contributed by atoms with Crippen LogP contribution in [0.5, 0.6) is 5.88 Å². The summed E-state index contributed by atoms with van der Waals surface area (Å²) in [7, 11) is 0. The van der Waals surface area contributed by atoms with E-state index in [2.05, 4.69) is 21.8 Å². The quantitative estimate of drug-likeness (QED) is 0.777. The van der Waals surface area contributed by atoms with Crippen LogP contribution < -0.4 is 9.64 Å². The van der Waals surface area contributed by atoms with E-state index in [0.29, 0.717) is 18.4 Å². The Morgan fingerprint density at radius 1 is 1.59 bits per heavy atom. The van der Waals surface area contributed by atoms with E-state index < -0.39 is 0 Å². The third kappa shape index (κ3) is 3.00. The molecule has 0 spiro atoms. The zero-order valence-corrected chi connectivity index (χ0v) is 11.0. The van der Waals surface area contributed by atoms with Gasteiger partial charge >= 0.3 is 0 Å². The predicted molar refractivity (Wildman–Crippen MR) is 68.8 cm³/mol. The summed E-state index contributed by atoms with van der Waals surface area (Å²) in [5.74, 6) is 1.84. The highest BCUT2D eigenvalue weighted by molar-refractivity contribution is 6.20. The van der Waals surface area contributed by atoms with Gasteiger partial charge in [0.05, 0.1) is 6.61 Å². The summed E-state index contributed by atoms with van der Waals surface area (Å²) in [5.41, 5.74) is 0. The smallest absolute Gasteiger partial charge is 0.228 e. The molecule has 2 heterocycles. The first-order valence-corrected chi connectivity index (χ1v) is 6.49. The first-order chi connectivity index (χ1) is 8.20. The Bertz CT molecular complexity index is 375. The van der Waals surface area contributed by atoms with Gasteiger partial charge in [-0.1, -0.05) is 6.92 Å². The molecular formula is C12H18ClN3O. The van der Waals surface area contributed by atoms with Crippen molar-refractivity contribution in [1.82, 2.24) is 9.97 Å². The average Bonchev–Trinajstić information content (AvgIpc) is 2.33. The van der Waals surface area contributed by atoms with Crippen LogP contribution in [-0.2, 0) is 0 Å². The molecule has 0 aromatic carbocycles. The van der Waals surface area contributed by atoms with Gasteiger partial charge in [-0.3, -0.25) is 0 Å². The second-order valence-electron chi connectivity index (χ2n) is 4.36. The fourth-order valence-electron chi connectivity index (χ4n) is 2.01. The number of rotatable bonds is 3. The van der Waals surface area contributed by atoms with E-state index in [-0.39, 0.29) is 5.38 Å². The normalized spacial score (nSPS) is 24.8. The van der Waals surface area contributed by atoms with Crippen LogP contribution in [0.2, 0.25) is 0 Å². The zero-order valence-electron chi connectivity index (χ0n) is 10.3. The third-order valence-corrected chi connectivity index (χ3v) is 3.64. The summed E-state index contributed by atoms with van der Waals surface area (Å²) in [6.07, 6.45) is 2.72. The minimum atomic E-state index is 0.265. The van der Waals surface area contributed by atoms with Crippen molar-refractivity contribution in [3.8, 4) is 5.88 Å². The van der Waals surface area contributed by atoms with E-state index in [1.165, 1.54) is 0 Å². The molecular weight excluding hydrogens is 238 g/mol. The molecule has 0 bridgehead atoms. The van der Waals surface area contributed by atoms with Crippen molar-refractivity contribution in [3.05, 3.63) is 12.3 Å². The molecule has 0 amide bonds. The summed E-state index contributed by atoms with van der Waals surface area (Å²) in [6.45, 7) is 6.55. The number of anilines is 1. The van der Waals surface area contributed by atoms with Gasteiger partial charge in [0.25, 0.3) is 0 Å². The topological polar surface area (TPSA) is 38.2 Å². The van der Waals surface area contributed by atoms with E-state index in [1.807, 2.05) is 6.92 Å². The lowest BCUT2D eigenvalue weighted by molar-refractivity contribution is 0.325. The Hall–Kier alpha value is -1.03. The standard InChI is InChI=1S/C12H18ClN3O/c1-3-17-11-4-6-14-12(15-11)16-7-5-10(13)9(2)8-16/h4,6,9-10H,3,5,7-8H2,1-2H3. The SMILES string of the molecule is CCOc1ccnc(N2CCC(Cl)C(C)C2)n1. The van der Waals surface area contributed by atoms with E-state index in [9.17, 15) is 0 Å². The number of halogens is 1. The molecule has 94 valence electrons. The summed E-state index contributed by atoms with van der Waals surface area (Å²) >= 11 is 6.21. The Morgan fingerprint density at radius 3 is 3.12 bits per heavy atom. The highest BCUT2D eigenvalue weighted by Gasteiger charge is 2.25. The van der Waals surface area contributed by atoms with Crippen LogP contribution in [0.4, 0.5) is 5.95 Å². The van der Waals surface area contributed by atoms with Gasteiger partial charge in [-0.2, -0.15) is 4.98 Å². The highest BCUT2D eigenvalue weighted by atomic mass is 35.5. The van der Waals surface area contributed by atoms with Crippen LogP contribution in [-0.4, -0.2) is 35.0 Å². The van der Waals surface area contributed by atoms with Crippen LogP contribution in [0, 0.1) is 5.92 Å². The summed E-state index contributed by atoms with van der Waals surface area (Å²) in [6, 6.07) is 1.78. The molecule has 1 aliphatic heterocycles. The summed E-state index contributed by atoms with van der Waals surface area (Å²) in [4.78, 5) is 10.9. The molecule has 5 heteroatoms. The number of hydrogen-bond donors (Lipinski definition) is 0. The molecule has 0 aliphatic carbocycles. The summed E-state index contributed by atoms with van der Waals surface area (Å²) < 4.78 is 5.38. The van der Waals surface area contributed by atoms with Gasteiger partial charge < -0.3 is 9.64 Å². The molecule has 0 N–H and O–H groups in total. The van der Waals surface area contributed by atoms with Crippen molar-refractivity contribution in [2.24, 2.45) is 5.92 Å². The van der Waals surface area contributed by atoms with Gasteiger partial charge in [0.1, 0.15) is 0 Å². The monoisotopic (exact) mass is 255 g/mol. The minimum absolute atomic E-state index is 0.265. The predicted octanol–water partition coefficient (Wildman–Crippen LogP) is 2.33. The van der Waals surface area contributed by atoms with Crippen molar-refractivity contribution in [1.29, 1.82) is 0 Å². The Kier molecular flexibility index (Phi) is 4.05. The molecule has 2 unspecified atom stereocenters. The molecule has 0 saturated carbocycles. The van der Waals surface area contributed by atoms with Crippen molar-refractivity contribution >= 4 is 17.5 Å². The van der Waals surface area contributed by atoms with Gasteiger partial charge in [-0.15, -0.1) is 11.6 Å². The van der Waals surface area contributed by atoms with E-state index >= 15 is 0 Å². The molecule has 1 aromatic heterocycles. The zero-order chi connectivity index (χ0) is 12.3. The number of piperidine rings is 1. The molecule has 0 radical (unpaired) electrons. The highest BCUT2D eigenvalue weighted by Crippen LogP contribution is 2.24. The third-order valence-electron chi connectivity index (χ3n) is 2.99. The number of hydrogen-bond acceptors (Lipinski definition) is 4.